The monoisotopic (exact) mass is 307 g/mol. The zero-order valence-electron chi connectivity index (χ0n) is 12.1. The number of nitrogens with zero attached hydrogens (tertiary/aromatic N) is 1. The first kappa shape index (κ1) is 14.6. The van der Waals surface area contributed by atoms with Crippen LogP contribution in [-0.2, 0) is 14.6 Å². The van der Waals surface area contributed by atoms with Gasteiger partial charge < -0.3 is 4.90 Å². The van der Waals surface area contributed by atoms with Gasteiger partial charge in [0.25, 0.3) is 0 Å². The Morgan fingerprint density at radius 2 is 1.81 bits per heavy atom. The number of hydrogen-bond donors (Lipinski definition) is 0. The molecule has 0 aromatic heterocycles. The highest BCUT2D eigenvalue weighted by atomic mass is 32.2. The molecule has 5 heteroatoms. The van der Waals surface area contributed by atoms with Crippen LogP contribution in [0.3, 0.4) is 0 Å². The molecule has 1 aromatic rings. The molecule has 1 saturated heterocycles. The lowest BCUT2D eigenvalue weighted by molar-refractivity contribution is -0.131. The lowest BCUT2D eigenvalue weighted by Gasteiger charge is -2.20. The van der Waals surface area contributed by atoms with Gasteiger partial charge in [0.15, 0.2) is 9.84 Å². The lowest BCUT2D eigenvalue weighted by Crippen LogP contribution is -2.33. The van der Waals surface area contributed by atoms with Crippen molar-refractivity contribution in [1.29, 1.82) is 0 Å². The summed E-state index contributed by atoms with van der Waals surface area (Å²) in [6.45, 7) is 0.890. The number of hydrogen-bond acceptors (Lipinski definition) is 3. The molecule has 21 heavy (non-hydrogen) atoms. The summed E-state index contributed by atoms with van der Waals surface area (Å²) < 4.78 is 24.9. The molecular formula is C16H21NO3S. The van der Waals surface area contributed by atoms with Crippen LogP contribution in [0.15, 0.2) is 30.3 Å². The summed E-state index contributed by atoms with van der Waals surface area (Å²) >= 11 is 0. The van der Waals surface area contributed by atoms with E-state index in [2.05, 4.69) is 0 Å². The van der Waals surface area contributed by atoms with E-state index in [1.807, 2.05) is 30.3 Å². The number of carbonyl (C=O) groups is 1. The zero-order chi connectivity index (χ0) is 14.9. The molecule has 0 spiro atoms. The molecule has 1 aliphatic carbocycles. The van der Waals surface area contributed by atoms with E-state index < -0.39 is 15.1 Å². The van der Waals surface area contributed by atoms with Crippen LogP contribution in [0.4, 0.5) is 0 Å². The maximum absolute atomic E-state index is 12.5. The Morgan fingerprint density at radius 1 is 1.10 bits per heavy atom. The summed E-state index contributed by atoms with van der Waals surface area (Å²) in [6.07, 6.45) is 3.38. The highest BCUT2D eigenvalue weighted by Crippen LogP contribution is 2.34. The number of carbonyl (C=O) groups excluding carboxylic acids is 1. The Balaban J connectivity index is 1.74. The maximum Gasteiger partial charge on any atom is 0.222 e. The molecule has 1 amide bonds. The molecule has 1 saturated carbocycles. The van der Waals surface area contributed by atoms with Gasteiger partial charge in [0, 0.05) is 19.5 Å². The average Bonchev–Trinajstić information content (AvgIpc) is 3.27. The van der Waals surface area contributed by atoms with Crippen LogP contribution in [0.5, 0.6) is 0 Å². The van der Waals surface area contributed by atoms with E-state index in [1.54, 1.807) is 4.90 Å². The third kappa shape index (κ3) is 3.46. The summed E-state index contributed by atoms with van der Waals surface area (Å²) in [5, 5.41) is -0.475. The molecule has 4 nitrogen and oxygen atoms in total. The van der Waals surface area contributed by atoms with Crippen LogP contribution in [0.25, 0.3) is 0 Å². The minimum atomic E-state index is -3.19. The predicted molar refractivity (Wildman–Crippen MR) is 81.5 cm³/mol. The SMILES string of the molecule is O=C(CC1CC1)N1CCC(c2ccccc2)S(=O)(=O)CC1. The zero-order valence-corrected chi connectivity index (χ0v) is 12.9. The van der Waals surface area contributed by atoms with Gasteiger partial charge in [-0.05, 0) is 30.7 Å². The molecule has 3 rings (SSSR count). The van der Waals surface area contributed by atoms with Crippen molar-refractivity contribution in [3.63, 3.8) is 0 Å². The highest BCUT2D eigenvalue weighted by molar-refractivity contribution is 7.91. The van der Waals surface area contributed by atoms with Gasteiger partial charge in [-0.2, -0.15) is 0 Å². The summed E-state index contributed by atoms with van der Waals surface area (Å²) in [7, 11) is -3.19. The molecule has 0 bridgehead atoms. The van der Waals surface area contributed by atoms with E-state index in [9.17, 15) is 13.2 Å². The number of benzene rings is 1. The maximum atomic E-state index is 12.5. The fourth-order valence-corrected chi connectivity index (χ4v) is 4.73. The van der Waals surface area contributed by atoms with E-state index in [0.717, 1.165) is 18.4 Å². The van der Waals surface area contributed by atoms with Crippen molar-refractivity contribution in [1.82, 2.24) is 4.90 Å². The molecule has 1 aromatic carbocycles. The Kier molecular flexibility index (Phi) is 4.02. The second-order valence-corrected chi connectivity index (χ2v) is 8.39. The highest BCUT2D eigenvalue weighted by Gasteiger charge is 2.34. The number of sulfone groups is 1. The quantitative estimate of drug-likeness (QED) is 0.860. The van der Waals surface area contributed by atoms with Crippen molar-refractivity contribution in [2.75, 3.05) is 18.8 Å². The summed E-state index contributed by atoms with van der Waals surface area (Å²) in [5.74, 6) is 0.742. The van der Waals surface area contributed by atoms with Crippen LogP contribution >= 0.6 is 0 Å². The van der Waals surface area contributed by atoms with E-state index in [4.69, 9.17) is 0 Å². The van der Waals surface area contributed by atoms with Crippen LogP contribution in [0, 0.1) is 5.92 Å². The molecule has 1 unspecified atom stereocenters. The fourth-order valence-electron chi connectivity index (χ4n) is 2.93. The third-order valence-corrected chi connectivity index (χ3v) is 6.55. The second-order valence-electron chi connectivity index (χ2n) is 6.08. The van der Waals surface area contributed by atoms with Gasteiger partial charge in [-0.3, -0.25) is 4.79 Å². The van der Waals surface area contributed by atoms with E-state index in [-0.39, 0.29) is 11.7 Å². The van der Waals surface area contributed by atoms with Crippen LogP contribution in [0.2, 0.25) is 0 Å². The molecule has 0 N–H and O–H groups in total. The van der Waals surface area contributed by atoms with Crippen molar-refractivity contribution in [3.8, 4) is 0 Å². The smallest absolute Gasteiger partial charge is 0.222 e. The largest absolute Gasteiger partial charge is 0.342 e. The molecule has 1 atom stereocenters. The first-order valence-electron chi connectivity index (χ1n) is 7.60. The topological polar surface area (TPSA) is 54.5 Å². The summed E-state index contributed by atoms with van der Waals surface area (Å²) in [4.78, 5) is 13.9. The predicted octanol–water partition coefficient (Wildman–Crippen LogP) is 2.17. The fraction of sp³-hybridized carbons (Fsp3) is 0.562. The molecule has 0 radical (unpaired) electrons. The van der Waals surface area contributed by atoms with E-state index in [0.29, 0.717) is 31.8 Å². The Bertz CT molecular complexity index is 608. The van der Waals surface area contributed by atoms with Crippen molar-refractivity contribution in [3.05, 3.63) is 35.9 Å². The van der Waals surface area contributed by atoms with Gasteiger partial charge in [-0.25, -0.2) is 8.42 Å². The standard InChI is InChI=1S/C16H21NO3S/c18-16(12-13-6-7-13)17-9-8-15(21(19,20)11-10-17)14-4-2-1-3-5-14/h1-5,13,15H,6-12H2. The van der Waals surface area contributed by atoms with Crippen LogP contribution in [-0.4, -0.2) is 38.1 Å². The Morgan fingerprint density at radius 3 is 2.48 bits per heavy atom. The molecule has 114 valence electrons. The van der Waals surface area contributed by atoms with Crippen LogP contribution in [0.1, 0.15) is 36.5 Å². The number of rotatable bonds is 3. The van der Waals surface area contributed by atoms with E-state index >= 15 is 0 Å². The normalized spacial score (nSPS) is 25.3. The third-order valence-electron chi connectivity index (χ3n) is 4.42. The summed E-state index contributed by atoms with van der Waals surface area (Å²) in [5.41, 5.74) is 0.842. The van der Waals surface area contributed by atoms with Crippen molar-refractivity contribution >= 4 is 15.7 Å². The molecule has 1 heterocycles. The average molecular weight is 307 g/mol. The molecular weight excluding hydrogens is 286 g/mol. The van der Waals surface area contributed by atoms with Gasteiger partial charge in [0.2, 0.25) is 5.91 Å². The minimum Gasteiger partial charge on any atom is -0.342 e. The van der Waals surface area contributed by atoms with Crippen molar-refractivity contribution in [2.45, 2.75) is 30.9 Å². The van der Waals surface area contributed by atoms with Crippen molar-refractivity contribution in [2.24, 2.45) is 5.92 Å². The van der Waals surface area contributed by atoms with E-state index in [1.165, 1.54) is 0 Å². The van der Waals surface area contributed by atoms with Gasteiger partial charge in [-0.15, -0.1) is 0 Å². The molecule has 2 aliphatic rings. The summed E-state index contributed by atoms with van der Waals surface area (Å²) in [6, 6.07) is 9.35. The minimum absolute atomic E-state index is 0.0724. The lowest BCUT2D eigenvalue weighted by atomic mass is 10.1. The van der Waals surface area contributed by atoms with Crippen molar-refractivity contribution < 1.29 is 13.2 Å². The van der Waals surface area contributed by atoms with Gasteiger partial charge in [0.05, 0.1) is 11.0 Å². The second kappa shape index (κ2) is 5.79. The molecule has 1 aliphatic heterocycles. The van der Waals surface area contributed by atoms with Gasteiger partial charge in [-0.1, -0.05) is 30.3 Å². The molecule has 2 fully saturated rings. The van der Waals surface area contributed by atoms with Crippen LogP contribution < -0.4 is 0 Å². The van der Waals surface area contributed by atoms with Gasteiger partial charge in [0.1, 0.15) is 0 Å². The van der Waals surface area contributed by atoms with Gasteiger partial charge >= 0.3 is 0 Å². The first-order valence-corrected chi connectivity index (χ1v) is 9.32. The Hall–Kier alpha value is -1.36. The Labute approximate surface area is 126 Å². The first-order chi connectivity index (χ1) is 10.1. The number of amides is 1.